The van der Waals surface area contributed by atoms with Crippen molar-refractivity contribution < 1.29 is 5.21 Å². The molecule has 1 aliphatic heterocycles. The van der Waals surface area contributed by atoms with Crippen molar-refractivity contribution in [2.75, 3.05) is 32.7 Å². The van der Waals surface area contributed by atoms with Crippen LogP contribution in [0.5, 0.6) is 0 Å². The van der Waals surface area contributed by atoms with Gasteiger partial charge in [0.2, 0.25) is 0 Å². The van der Waals surface area contributed by atoms with Gasteiger partial charge in [-0.25, -0.2) is 0 Å². The Kier molecular flexibility index (Phi) is 4.68. The molecule has 3 N–H and O–H groups in total. The molecule has 110 valence electrons. The van der Waals surface area contributed by atoms with E-state index in [9.17, 15) is 0 Å². The zero-order valence-corrected chi connectivity index (χ0v) is 12.3. The minimum atomic E-state index is -0.353. The summed E-state index contributed by atoms with van der Waals surface area (Å²) in [5.74, 6) is 1.22. The lowest BCUT2D eigenvalue weighted by Gasteiger charge is -2.43. The number of rotatable bonds is 4. The fourth-order valence-corrected chi connectivity index (χ4v) is 3.33. The van der Waals surface area contributed by atoms with E-state index in [0.717, 1.165) is 32.1 Å². The van der Waals surface area contributed by atoms with Gasteiger partial charge in [0.15, 0.2) is 5.84 Å². The molecule has 0 amide bonds. The Morgan fingerprint density at radius 2 is 1.79 bits per heavy atom. The van der Waals surface area contributed by atoms with E-state index in [1.807, 2.05) is 13.8 Å². The average Bonchev–Trinajstić information content (AvgIpc) is 2.91. The van der Waals surface area contributed by atoms with Gasteiger partial charge in [0, 0.05) is 32.7 Å². The van der Waals surface area contributed by atoms with Gasteiger partial charge in [0.05, 0.1) is 5.54 Å². The molecule has 1 saturated heterocycles. The van der Waals surface area contributed by atoms with Crippen LogP contribution in [0.4, 0.5) is 0 Å². The van der Waals surface area contributed by atoms with E-state index in [1.54, 1.807) is 0 Å². The molecule has 2 aliphatic rings. The molecule has 5 nitrogen and oxygen atoms in total. The van der Waals surface area contributed by atoms with Gasteiger partial charge in [-0.1, -0.05) is 18.0 Å². The zero-order chi connectivity index (χ0) is 13.9. The van der Waals surface area contributed by atoms with Gasteiger partial charge in [-0.15, -0.1) is 0 Å². The standard InChI is InChI=1S/C14H28N4O/c1-14(2,13(15)16-19)18-9-7-17(8-10-18)11-12-5-3-4-6-12/h12,19H,3-11H2,1-2H3,(H2,15,16). The first-order valence-electron chi connectivity index (χ1n) is 7.49. The van der Waals surface area contributed by atoms with E-state index in [-0.39, 0.29) is 5.54 Å². The van der Waals surface area contributed by atoms with Crippen LogP contribution >= 0.6 is 0 Å². The number of hydrogen-bond donors (Lipinski definition) is 2. The Morgan fingerprint density at radius 1 is 1.21 bits per heavy atom. The van der Waals surface area contributed by atoms with E-state index in [2.05, 4.69) is 15.0 Å². The van der Waals surface area contributed by atoms with Gasteiger partial charge in [0.1, 0.15) is 0 Å². The van der Waals surface area contributed by atoms with Crippen molar-refractivity contribution in [1.82, 2.24) is 9.80 Å². The molecule has 0 aromatic heterocycles. The third kappa shape index (κ3) is 3.39. The van der Waals surface area contributed by atoms with E-state index in [1.165, 1.54) is 32.2 Å². The quantitative estimate of drug-likeness (QED) is 0.349. The largest absolute Gasteiger partial charge is 0.409 e. The molecule has 19 heavy (non-hydrogen) atoms. The van der Waals surface area contributed by atoms with Crippen molar-refractivity contribution in [3.8, 4) is 0 Å². The first-order valence-corrected chi connectivity index (χ1v) is 7.49. The maximum absolute atomic E-state index is 8.87. The SMILES string of the molecule is CC(C)(C(N)=NO)N1CCN(CC2CCCC2)CC1. The van der Waals surface area contributed by atoms with Gasteiger partial charge in [-0.05, 0) is 32.6 Å². The van der Waals surface area contributed by atoms with Gasteiger partial charge >= 0.3 is 0 Å². The van der Waals surface area contributed by atoms with E-state index < -0.39 is 0 Å². The third-order valence-corrected chi connectivity index (χ3v) is 4.89. The first kappa shape index (κ1) is 14.6. The molecule has 5 heteroatoms. The maximum atomic E-state index is 8.87. The normalized spacial score (nSPS) is 25.1. The van der Waals surface area contributed by atoms with E-state index in [0.29, 0.717) is 5.84 Å². The van der Waals surface area contributed by atoms with Crippen molar-refractivity contribution in [3.63, 3.8) is 0 Å². The molecule has 0 spiro atoms. The molecular formula is C14H28N4O. The average molecular weight is 268 g/mol. The number of oxime groups is 1. The molecule has 1 heterocycles. The lowest BCUT2D eigenvalue weighted by Crippen LogP contribution is -2.60. The van der Waals surface area contributed by atoms with Crippen molar-refractivity contribution in [3.05, 3.63) is 0 Å². The summed E-state index contributed by atoms with van der Waals surface area (Å²) in [4.78, 5) is 4.89. The van der Waals surface area contributed by atoms with Gasteiger partial charge in [0.25, 0.3) is 0 Å². The van der Waals surface area contributed by atoms with Crippen LogP contribution in [-0.2, 0) is 0 Å². The number of amidine groups is 1. The minimum Gasteiger partial charge on any atom is -0.409 e. The second kappa shape index (κ2) is 6.09. The molecule has 1 saturated carbocycles. The van der Waals surface area contributed by atoms with E-state index >= 15 is 0 Å². The van der Waals surface area contributed by atoms with Crippen LogP contribution < -0.4 is 5.73 Å². The molecule has 0 bridgehead atoms. The fourth-order valence-electron chi connectivity index (χ4n) is 3.33. The lowest BCUT2D eigenvalue weighted by molar-refractivity contribution is 0.0748. The molecule has 1 aliphatic carbocycles. The molecule has 0 unspecified atom stereocenters. The van der Waals surface area contributed by atoms with Crippen molar-refractivity contribution >= 4 is 5.84 Å². The summed E-state index contributed by atoms with van der Waals surface area (Å²) in [6.07, 6.45) is 5.66. The summed E-state index contributed by atoms with van der Waals surface area (Å²) in [7, 11) is 0. The Bertz CT molecular complexity index is 315. The summed E-state index contributed by atoms with van der Waals surface area (Å²) >= 11 is 0. The Balaban J connectivity index is 1.81. The summed E-state index contributed by atoms with van der Waals surface area (Å²) in [6, 6.07) is 0. The van der Waals surface area contributed by atoms with Crippen LogP contribution in [0.3, 0.4) is 0 Å². The third-order valence-electron chi connectivity index (χ3n) is 4.89. The highest BCUT2D eigenvalue weighted by Crippen LogP contribution is 2.26. The smallest absolute Gasteiger partial charge is 0.159 e. The van der Waals surface area contributed by atoms with Crippen LogP contribution in [0.15, 0.2) is 5.16 Å². The molecule has 0 aromatic rings. The summed E-state index contributed by atoms with van der Waals surface area (Å²) in [6.45, 7) is 9.49. The zero-order valence-electron chi connectivity index (χ0n) is 12.3. The predicted octanol–water partition coefficient (Wildman–Crippen LogP) is 1.32. The summed E-state index contributed by atoms with van der Waals surface area (Å²) in [5.41, 5.74) is 5.44. The van der Waals surface area contributed by atoms with Gasteiger partial charge in [-0.2, -0.15) is 0 Å². The topological polar surface area (TPSA) is 65.1 Å². The highest BCUT2D eigenvalue weighted by Gasteiger charge is 2.34. The Hall–Kier alpha value is -0.810. The second-order valence-electron chi connectivity index (χ2n) is 6.48. The number of nitrogens with zero attached hydrogens (tertiary/aromatic N) is 3. The highest BCUT2D eigenvalue weighted by atomic mass is 16.4. The maximum Gasteiger partial charge on any atom is 0.159 e. The first-order chi connectivity index (χ1) is 9.04. The lowest BCUT2D eigenvalue weighted by atomic mass is 10.00. The number of piperazine rings is 1. The molecule has 2 fully saturated rings. The van der Waals surface area contributed by atoms with Crippen molar-refractivity contribution in [2.24, 2.45) is 16.8 Å². The predicted molar refractivity (Wildman–Crippen MR) is 77.5 cm³/mol. The second-order valence-corrected chi connectivity index (χ2v) is 6.48. The van der Waals surface area contributed by atoms with Crippen molar-refractivity contribution in [2.45, 2.75) is 45.1 Å². The summed E-state index contributed by atoms with van der Waals surface area (Å²) < 4.78 is 0. The van der Waals surface area contributed by atoms with E-state index in [4.69, 9.17) is 10.9 Å². The molecule has 0 radical (unpaired) electrons. The fraction of sp³-hybridized carbons (Fsp3) is 0.929. The van der Waals surface area contributed by atoms with Crippen molar-refractivity contribution in [1.29, 1.82) is 0 Å². The number of nitrogens with two attached hydrogens (primary N) is 1. The molecule has 0 aromatic carbocycles. The van der Waals surface area contributed by atoms with Gasteiger partial charge < -0.3 is 15.8 Å². The monoisotopic (exact) mass is 268 g/mol. The molecule has 2 rings (SSSR count). The van der Waals surface area contributed by atoms with Crippen LogP contribution in [0, 0.1) is 5.92 Å². The number of hydrogen-bond acceptors (Lipinski definition) is 4. The van der Waals surface area contributed by atoms with Gasteiger partial charge in [-0.3, -0.25) is 4.90 Å². The van der Waals surface area contributed by atoms with Crippen LogP contribution in [0.1, 0.15) is 39.5 Å². The Labute approximate surface area is 116 Å². The summed E-state index contributed by atoms with van der Waals surface area (Å²) in [5, 5.41) is 12.0. The van der Waals surface area contributed by atoms with Crippen LogP contribution in [-0.4, -0.2) is 59.1 Å². The van der Waals surface area contributed by atoms with Crippen LogP contribution in [0.25, 0.3) is 0 Å². The molecular weight excluding hydrogens is 240 g/mol. The minimum absolute atomic E-state index is 0.303. The Morgan fingerprint density at radius 3 is 2.32 bits per heavy atom. The van der Waals surface area contributed by atoms with Crippen LogP contribution in [0.2, 0.25) is 0 Å². The molecule has 0 atom stereocenters. The highest BCUT2D eigenvalue weighted by molar-refractivity contribution is 5.88.